The second-order valence-electron chi connectivity index (χ2n) is 8.81. The van der Waals surface area contributed by atoms with Crippen molar-refractivity contribution < 1.29 is 32.6 Å². The molecular formula is C26H20F3N5O4. The van der Waals surface area contributed by atoms with Gasteiger partial charge in [-0.25, -0.2) is 14.6 Å². The Kier molecular flexibility index (Phi) is 6.31. The molecule has 1 aliphatic rings. The lowest BCUT2D eigenvalue weighted by molar-refractivity contribution is -0.144. The number of halogens is 3. The summed E-state index contributed by atoms with van der Waals surface area (Å²) < 4.78 is 47.2. The average molecular weight is 523 g/mol. The Bertz CT molecular complexity index is 1470. The number of amides is 1. The maximum Gasteiger partial charge on any atom is 0.435 e. The van der Waals surface area contributed by atoms with E-state index in [2.05, 4.69) is 20.4 Å². The molecule has 38 heavy (non-hydrogen) atoms. The lowest BCUT2D eigenvalue weighted by atomic mass is 10.1. The van der Waals surface area contributed by atoms with Gasteiger partial charge in [-0.2, -0.15) is 18.3 Å². The van der Waals surface area contributed by atoms with E-state index in [1.54, 1.807) is 54.7 Å². The monoisotopic (exact) mass is 523 g/mol. The molecule has 4 aromatic rings. The minimum atomic E-state index is -4.84. The van der Waals surface area contributed by atoms with Gasteiger partial charge >= 0.3 is 12.1 Å². The average Bonchev–Trinajstić information content (AvgIpc) is 3.57. The third kappa shape index (κ3) is 5.19. The molecule has 9 nitrogen and oxygen atoms in total. The Hall–Kier alpha value is -4.74. The van der Waals surface area contributed by atoms with E-state index in [1.807, 2.05) is 0 Å². The van der Waals surface area contributed by atoms with Crippen LogP contribution in [-0.2, 0) is 11.0 Å². The second-order valence-corrected chi connectivity index (χ2v) is 8.81. The highest BCUT2D eigenvalue weighted by atomic mass is 19.4. The molecule has 3 heterocycles. The van der Waals surface area contributed by atoms with Crippen LogP contribution in [-0.4, -0.2) is 43.3 Å². The van der Waals surface area contributed by atoms with Crippen molar-refractivity contribution in [1.29, 1.82) is 0 Å². The molecule has 12 heteroatoms. The van der Waals surface area contributed by atoms with Crippen molar-refractivity contribution in [3.05, 3.63) is 84.4 Å². The van der Waals surface area contributed by atoms with Crippen molar-refractivity contribution in [2.24, 2.45) is 5.41 Å². The van der Waals surface area contributed by atoms with Crippen molar-refractivity contribution in [3.63, 3.8) is 0 Å². The molecule has 1 saturated carbocycles. The number of hydrogen-bond acceptors (Lipinski definition) is 6. The van der Waals surface area contributed by atoms with Crippen LogP contribution in [0.3, 0.4) is 0 Å². The van der Waals surface area contributed by atoms with E-state index in [-0.39, 0.29) is 18.1 Å². The summed E-state index contributed by atoms with van der Waals surface area (Å²) in [5.74, 6) is -1.40. The number of benzene rings is 1. The summed E-state index contributed by atoms with van der Waals surface area (Å²) in [6.07, 6.45) is 0.272. The first-order chi connectivity index (χ1) is 18.1. The molecule has 1 aliphatic carbocycles. The van der Waals surface area contributed by atoms with Crippen molar-refractivity contribution in [3.8, 4) is 22.8 Å². The Morgan fingerprint density at radius 1 is 1.03 bits per heavy atom. The molecular weight excluding hydrogens is 503 g/mol. The van der Waals surface area contributed by atoms with E-state index in [0.29, 0.717) is 18.7 Å². The fourth-order valence-corrected chi connectivity index (χ4v) is 3.72. The van der Waals surface area contributed by atoms with Gasteiger partial charge in [0.1, 0.15) is 12.0 Å². The largest absolute Gasteiger partial charge is 0.481 e. The fraction of sp³-hybridized carbons (Fsp3) is 0.192. The Labute approximate surface area is 213 Å². The number of aliphatic carboxylic acids is 1. The number of nitrogens with zero attached hydrogens (tertiary/aromatic N) is 4. The maximum atomic E-state index is 13.6. The Morgan fingerprint density at radius 2 is 1.76 bits per heavy atom. The predicted octanol–water partition coefficient (Wildman–Crippen LogP) is 4.84. The molecule has 3 aromatic heterocycles. The highest BCUT2D eigenvalue weighted by Gasteiger charge is 2.51. The molecule has 0 radical (unpaired) electrons. The number of pyridine rings is 2. The van der Waals surface area contributed by atoms with Crippen LogP contribution >= 0.6 is 0 Å². The van der Waals surface area contributed by atoms with E-state index in [1.165, 1.54) is 12.3 Å². The SMILES string of the molecule is O=C(Nc1ccc(-c2ccc(OCC3(C(=O)O)CC3)nc2)cc1)c1cn(-c2ccccn2)nc1C(F)(F)F. The van der Waals surface area contributed by atoms with Crippen LogP contribution in [0.1, 0.15) is 28.9 Å². The topological polar surface area (TPSA) is 119 Å². The van der Waals surface area contributed by atoms with Crippen LogP contribution in [0.5, 0.6) is 5.88 Å². The first-order valence-corrected chi connectivity index (χ1v) is 11.5. The summed E-state index contributed by atoms with van der Waals surface area (Å²) in [7, 11) is 0. The van der Waals surface area contributed by atoms with Gasteiger partial charge in [0.25, 0.3) is 5.91 Å². The highest BCUT2D eigenvalue weighted by molar-refractivity contribution is 6.05. The van der Waals surface area contributed by atoms with E-state index >= 15 is 0 Å². The third-order valence-electron chi connectivity index (χ3n) is 6.13. The Balaban J connectivity index is 1.27. The number of ether oxygens (including phenoxy) is 1. The quantitative estimate of drug-likeness (QED) is 0.339. The zero-order valence-corrected chi connectivity index (χ0v) is 19.6. The summed E-state index contributed by atoms with van der Waals surface area (Å²) >= 11 is 0. The van der Waals surface area contributed by atoms with Gasteiger partial charge < -0.3 is 15.2 Å². The summed E-state index contributed by atoms with van der Waals surface area (Å²) in [6.45, 7) is 0.0554. The Morgan fingerprint density at radius 3 is 2.34 bits per heavy atom. The number of rotatable bonds is 8. The molecule has 0 aliphatic heterocycles. The first kappa shape index (κ1) is 24.9. The first-order valence-electron chi connectivity index (χ1n) is 11.5. The van der Waals surface area contributed by atoms with Gasteiger partial charge in [-0.3, -0.25) is 9.59 Å². The predicted molar refractivity (Wildman–Crippen MR) is 129 cm³/mol. The fourth-order valence-electron chi connectivity index (χ4n) is 3.72. The number of aromatic nitrogens is 4. The smallest absolute Gasteiger partial charge is 0.435 e. The normalized spacial score (nSPS) is 14.1. The second kappa shape index (κ2) is 9.61. The van der Waals surface area contributed by atoms with Crippen LogP contribution in [0.15, 0.2) is 73.2 Å². The van der Waals surface area contributed by atoms with Crippen LogP contribution in [0.4, 0.5) is 18.9 Å². The van der Waals surface area contributed by atoms with Gasteiger partial charge in [-0.15, -0.1) is 0 Å². The number of nitrogens with one attached hydrogen (secondary N) is 1. The highest BCUT2D eigenvalue weighted by Crippen LogP contribution is 2.46. The van der Waals surface area contributed by atoms with Gasteiger partial charge in [0.15, 0.2) is 11.5 Å². The molecule has 0 atom stereocenters. The van der Waals surface area contributed by atoms with Crippen molar-refractivity contribution in [2.45, 2.75) is 19.0 Å². The van der Waals surface area contributed by atoms with Gasteiger partial charge in [0.2, 0.25) is 5.88 Å². The molecule has 0 spiro atoms. The number of carbonyl (C=O) groups is 2. The van der Waals surface area contributed by atoms with Gasteiger partial charge in [-0.1, -0.05) is 18.2 Å². The number of carboxylic acids is 1. The molecule has 194 valence electrons. The summed E-state index contributed by atoms with van der Waals surface area (Å²) in [5, 5.41) is 15.2. The standard InChI is InChI=1S/C26H20F3N5O4/c27-26(28,29)22-19(14-34(33-22)20-3-1-2-12-30-20)23(35)32-18-7-4-16(5-8-18)17-6-9-21(31-13-17)38-15-25(10-11-25)24(36)37/h1-9,12-14H,10-11,15H2,(H,32,35)(H,36,37). The summed E-state index contributed by atoms with van der Waals surface area (Å²) in [6, 6.07) is 14.5. The van der Waals surface area contributed by atoms with Crippen LogP contribution in [0, 0.1) is 5.41 Å². The maximum absolute atomic E-state index is 13.6. The summed E-state index contributed by atoms with van der Waals surface area (Å²) in [5.41, 5.74) is -1.02. The number of carboxylic acid groups (broad SMARTS) is 1. The van der Waals surface area contributed by atoms with E-state index in [9.17, 15) is 27.9 Å². The molecule has 1 fully saturated rings. The zero-order valence-electron chi connectivity index (χ0n) is 19.6. The van der Waals surface area contributed by atoms with E-state index < -0.39 is 34.7 Å². The van der Waals surface area contributed by atoms with Gasteiger partial charge in [0.05, 0.1) is 5.56 Å². The van der Waals surface area contributed by atoms with Crippen molar-refractivity contribution >= 4 is 17.6 Å². The minimum absolute atomic E-state index is 0.0554. The third-order valence-corrected chi connectivity index (χ3v) is 6.13. The molecule has 1 amide bonds. The van der Waals surface area contributed by atoms with Gasteiger partial charge in [-0.05, 0) is 48.7 Å². The lowest BCUT2D eigenvalue weighted by Crippen LogP contribution is -2.23. The van der Waals surface area contributed by atoms with Crippen LogP contribution in [0.2, 0.25) is 0 Å². The number of alkyl halides is 3. The molecule has 5 rings (SSSR count). The molecule has 0 bridgehead atoms. The van der Waals surface area contributed by atoms with Crippen LogP contribution in [0.25, 0.3) is 16.9 Å². The van der Waals surface area contributed by atoms with Crippen molar-refractivity contribution in [1.82, 2.24) is 19.7 Å². The molecule has 0 unspecified atom stereocenters. The van der Waals surface area contributed by atoms with Gasteiger partial charge in [0, 0.05) is 35.9 Å². The molecule has 0 saturated heterocycles. The number of hydrogen-bond donors (Lipinski definition) is 2. The van der Waals surface area contributed by atoms with E-state index in [4.69, 9.17) is 4.74 Å². The van der Waals surface area contributed by atoms with Crippen LogP contribution < -0.4 is 10.1 Å². The number of carbonyl (C=O) groups excluding carboxylic acids is 1. The lowest BCUT2D eigenvalue weighted by Gasteiger charge is -2.11. The molecule has 2 N–H and O–H groups in total. The van der Waals surface area contributed by atoms with Crippen molar-refractivity contribution in [2.75, 3.05) is 11.9 Å². The minimum Gasteiger partial charge on any atom is -0.481 e. The summed E-state index contributed by atoms with van der Waals surface area (Å²) in [4.78, 5) is 32.2. The van der Waals surface area contributed by atoms with E-state index in [0.717, 1.165) is 22.0 Å². The molecule has 1 aromatic carbocycles. The zero-order chi connectivity index (χ0) is 26.9. The number of anilines is 1.